The zero-order valence-electron chi connectivity index (χ0n) is 14.8. The fraction of sp³-hybridized carbons (Fsp3) is 0.350. The highest BCUT2D eigenvalue weighted by atomic mass is 32.1. The molecule has 6 heteroatoms. The van der Waals surface area contributed by atoms with Crippen molar-refractivity contribution in [3.05, 3.63) is 58.4 Å². The first kappa shape index (κ1) is 17.1. The van der Waals surface area contributed by atoms with Crippen molar-refractivity contribution in [1.29, 1.82) is 0 Å². The minimum absolute atomic E-state index is 0.0561. The number of aromatic amines is 1. The van der Waals surface area contributed by atoms with Crippen molar-refractivity contribution in [3.63, 3.8) is 0 Å². The molecule has 2 N–H and O–H groups in total. The number of benzene rings is 1. The Bertz CT molecular complexity index is 850. The summed E-state index contributed by atoms with van der Waals surface area (Å²) in [4.78, 5) is 21.4. The van der Waals surface area contributed by atoms with Gasteiger partial charge >= 0.3 is 6.03 Å². The third kappa shape index (κ3) is 3.92. The van der Waals surface area contributed by atoms with Gasteiger partial charge in [0, 0.05) is 61.2 Å². The summed E-state index contributed by atoms with van der Waals surface area (Å²) in [5, 5.41) is 6.43. The number of urea groups is 1. The first-order chi connectivity index (χ1) is 12.8. The number of aromatic nitrogens is 1. The van der Waals surface area contributed by atoms with E-state index in [1.165, 1.54) is 15.8 Å². The van der Waals surface area contributed by atoms with Crippen molar-refractivity contribution >= 4 is 28.3 Å². The number of para-hydroxylation sites is 1. The highest BCUT2D eigenvalue weighted by molar-refractivity contribution is 7.09. The predicted molar refractivity (Wildman–Crippen MR) is 107 cm³/mol. The minimum Gasteiger partial charge on any atom is -0.361 e. The smallest absolute Gasteiger partial charge is 0.317 e. The van der Waals surface area contributed by atoms with E-state index >= 15 is 0 Å². The van der Waals surface area contributed by atoms with E-state index in [0.717, 1.165) is 44.7 Å². The number of nitrogens with one attached hydrogen (secondary N) is 2. The normalized spacial score (nSPS) is 15.5. The van der Waals surface area contributed by atoms with Crippen LogP contribution in [0.3, 0.4) is 0 Å². The van der Waals surface area contributed by atoms with Crippen LogP contribution in [-0.4, -0.2) is 53.5 Å². The van der Waals surface area contributed by atoms with Crippen LogP contribution in [0.4, 0.5) is 4.79 Å². The van der Waals surface area contributed by atoms with E-state index in [2.05, 4.69) is 44.8 Å². The van der Waals surface area contributed by atoms with Gasteiger partial charge in [0.25, 0.3) is 0 Å². The van der Waals surface area contributed by atoms with Gasteiger partial charge in [0.1, 0.15) is 0 Å². The third-order valence-electron chi connectivity index (χ3n) is 4.96. The quantitative estimate of drug-likeness (QED) is 0.726. The lowest BCUT2D eigenvalue weighted by Gasteiger charge is -2.34. The molecule has 5 nitrogen and oxygen atoms in total. The molecule has 2 aromatic heterocycles. The summed E-state index contributed by atoms with van der Waals surface area (Å²) >= 11 is 1.80. The number of carbonyl (C=O) groups excluding carboxylic acids is 1. The minimum atomic E-state index is 0.0561. The SMILES string of the molecule is O=C(NCCc1c[nH]c2ccccc12)N1CCN(Cc2cccs2)CC1. The molecule has 1 aliphatic heterocycles. The van der Waals surface area contributed by atoms with Crippen LogP contribution < -0.4 is 5.32 Å². The molecule has 26 heavy (non-hydrogen) atoms. The number of hydrogen-bond acceptors (Lipinski definition) is 3. The summed E-state index contributed by atoms with van der Waals surface area (Å²) in [5.41, 5.74) is 2.40. The Balaban J connectivity index is 1.22. The predicted octanol–water partition coefficient (Wildman–Crippen LogP) is 3.30. The Morgan fingerprint density at radius 1 is 1.12 bits per heavy atom. The summed E-state index contributed by atoms with van der Waals surface area (Å²) in [6.07, 6.45) is 2.88. The molecular formula is C20H24N4OS. The lowest BCUT2D eigenvalue weighted by Crippen LogP contribution is -2.51. The Morgan fingerprint density at radius 3 is 2.77 bits per heavy atom. The van der Waals surface area contributed by atoms with E-state index in [-0.39, 0.29) is 6.03 Å². The first-order valence-electron chi connectivity index (χ1n) is 9.12. The molecule has 136 valence electrons. The molecule has 1 aliphatic rings. The average molecular weight is 369 g/mol. The number of piperazine rings is 1. The maximum absolute atomic E-state index is 12.4. The number of rotatable bonds is 5. The van der Waals surface area contributed by atoms with Gasteiger partial charge in [-0.1, -0.05) is 24.3 Å². The van der Waals surface area contributed by atoms with Gasteiger partial charge in [-0.05, 0) is 29.5 Å². The van der Waals surface area contributed by atoms with Crippen LogP contribution in [0.5, 0.6) is 0 Å². The van der Waals surface area contributed by atoms with Crippen molar-refractivity contribution in [3.8, 4) is 0 Å². The molecule has 4 rings (SSSR count). The molecular weight excluding hydrogens is 344 g/mol. The number of thiophene rings is 1. The summed E-state index contributed by atoms with van der Waals surface area (Å²) in [6.45, 7) is 5.12. The van der Waals surface area contributed by atoms with Crippen molar-refractivity contribution in [2.75, 3.05) is 32.7 Å². The van der Waals surface area contributed by atoms with E-state index in [0.29, 0.717) is 6.54 Å². The summed E-state index contributed by atoms with van der Waals surface area (Å²) in [7, 11) is 0. The monoisotopic (exact) mass is 368 g/mol. The van der Waals surface area contributed by atoms with Crippen molar-refractivity contribution in [2.24, 2.45) is 0 Å². The Morgan fingerprint density at radius 2 is 1.96 bits per heavy atom. The summed E-state index contributed by atoms with van der Waals surface area (Å²) in [5.74, 6) is 0. The van der Waals surface area contributed by atoms with Crippen LogP contribution in [-0.2, 0) is 13.0 Å². The molecule has 3 heterocycles. The number of hydrogen-bond donors (Lipinski definition) is 2. The van der Waals surface area contributed by atoms with Crippen molar-refractivity contribution < 1.29 is 4.79 Å². The Labute approximate surface area is 157 Å². The zero-order valence-corrected chi connectivity index (χ0v) is 15.6. The fourth-order valence-corrected chi connectivity index (χ4v) is 4.23. The molecule has 1 saturated heterocycles. The van der Waals surface area contributed by atoms with Crippen LogP contribution in [0, 0.1) is 0 Å². The first-order valence-corrected chi connectivity index (χ1v) is 10.00. The van der Waals surface area contributed by atoms with E-state index in [4.69, 9.17) is 0 Å². The summed E-state index contributed by atoms with van der Waals surface area (Å²) < 4.78 is 0. The van der Waals surface area contributed by atoms with Gasteiger partial charge in [0.15, 0.2) is 0 Å². The van der Waals surface area contributed by atoms with Gasteiger partial charge in [0.05, 0.1) is 0 Å². The molecule has 0 unspecified atom stereocenters. The number of nitrogens with zero attached hydrogens (tertiary/aromatic N) is 2. The standard InChI is InChI=1S/C20H24N4OS/c25-20(21-8-7-16-14-22-19-6-2-1-5-18(16)19)24-11-9-23(10-12-24)15-17-4-3-13-26-17/h1-6,13-14,22H,7-12,15H2,(H,21,25). The molecule has 1 aromatic carbocycles. The molecule has 0 saturated carbocycles. The average Bonchev–Trinajstić information content (AvgIpc) is 3.32. The number of H-pyrrole nitrogens is 1. The van der Waals surface area contributed by atoms with Gasteiger partial charge in [-0.15, -0.1) is 11.3 Å². The Hall–Kier alpha value is -2.31. The number of amides is 2. The van der Waals surface area contributed by atoms with E-state index < -0.39 is 0 Å². The van der Waals surface area contributed by atoms with Gasteiger partial charge < -0.3 is 15.2 Å². The van der Waals surface area contributed by atoms with Gasteiger partial charge in [-0.3, -0.25) is 4.90 Å². The highest BCUT2D eigenvalue weighted by Crippen LogP contribution is 2.18. The van der Waals surface area contributed by atoms with Crippen LogP contribution in [0.2, 0.25) is 0 Å². The lowest BCUT2D eigenvalue weighted by molar-refractivity contribution is 0.136. The number of carbonyl (C=O) groups is 1. The fourth-order valence-electron chi connectivity index (χ4n) is 3.49. The second kappa shape index (κ2) is 7.93. The zero-order chi connectivity index (χ0) is 17.8. The Kier molecular flexibility index (Phi) is 5.22. The van der Waals surface area contributed by atoms with E-state index in [9.17, 15) is 4.79 Å². The van der Waals surface area contributed by atoms with Crippen LogP contribution in [0.15, 0.2) is 48.0 Å². The van der Waals surface area contributed by atoms with Gasteiger partial charge in [-0.25, -0.2) is 4.79 Å². The van der Waals surface area contributed by atoms with Crippen LogP contribution in [0.25, 0.3) is 10.9 Å². The second-order valence-corrected chi connectivity index (χ2v) is 7.72. The molecule has 3 aromatic rings. The largest absolute Gasteiger partial charge is 0.361 e. The molecule has 0 radical (unpaired) electrons. The lowest BCUT2D eigenvalue weighted by atomic mass is 10.1. The van der Waals surface area contributed by atoms with Crippen molar-refractivity contribution in [2.45, 2.75) is 13.0 Å². The van der Waals surface area contributed by atoms with Gasteiger partial charge in [0.2, 0.25) is 0 Å². The van der Waals surface area contributed by atoms with Crippen LogP contribution >= 0.6 is 11.3 Å². The third-order valence-corrected chi connectivity index (χ3v) is 5.83. The maximum Gasteiger partial charge on any atom is 0.317 e. The van der Waals surface area contributed by atoms with Crippen molar-refractivity contribution in [1.82, 2.24) is 20.1 Å². The molecule has 0 spiro atoms. The molecule has 0 atom stereocenters. The maximum atomic E-state index is 12.4. The molecule has 2 amide bonds. The molecule has 1 fully saturated rings. The molecule has 0 aliphatic carbocycles. The second-order valence-electron chi connectivity index (χ2n) is 6.68. The number of fused-ring (bicyclic) bond motifs is 1. The molecule has 0 bridgehead atoms. The topological polar surface area (TPSA) is 51.4 Å². The van der Waals surface area contributed by atoms with E-state index in [1.54, 1.807) is 11.3 Å². The van der Waals surface area contributed by atoms with E-state index in [1.807, 2.05) is 23.2 Å². The van der Waals surface area contributed by atoms with Gasteiger partial charge in [-0.2, -0.15) is 0 Å². The summed E-state index contributed by atoms with van der Waals surface area (Å²) in [6, 6.07) is 12.6. The van der Waals surface area contributed by atoms with Crippen LogP contribution in [0.1, 0.15) is 10.4 Å². The highest BCUT2D eigenvalue weighted by Gasteiger charge is 2.21.